The first-order chi connectivity index (χ1) is 22.7. The van der Waals surface area contributed by atoms with Crippen LogP contribution in [0.2, 0.25) is 0 Å². The molecule has 0 fully saturated rings. The number of hydrogen-bond donors (Lipinski definition) is 0. The van der Waals surface area contributed by atoms with E-state index in [4.69, 9.17) is 4.42 Å². The van der Waals surface area contributed by atoms with Crippen LogP contribution >= 0.6 is 0 Å². The maximum absolute atomic E-state index is 6.79. The zero-order valence-electron chi connectivity index (χ0n) is 26.2. The Morgan fingerprint density at radius 1 is 0.370 bits per heavy atom. The lowest BCUT2D eigenvalue weighted by atomic mass is 9.87. The first kappa shape index (κ1) is 26.3. The van der Waals surface area contributed by atoms with Crippen LogP contribution in [0.4, 0.5) is 0 Å². The van der Waals surface area contributed by atoms with Crippen molar-refractivity contribution >= 4 is 21.9 Å². The van der Waals surface area contributed by atoms with E-state index in [1.54, 1.807) is 0 Å². The van der Waals surface area contributed by atoms with Crippen molar-refractivity contribution in [3.8, 4) is 44.5 Å². The quantitative estimate of drug-likeness (QED) is 0.199. The van der Waals surface area contributed by atoms with Crippen molar-refractivity contribution in [2.24, 2.45) is 0 Å². The maximum Gasteiger partial charge on any atom is 0.143 e. The molecular weight excluding hydrogens is 556 g/mol. The molecule has 0 saturated carbocycles. The minimum absolute atomic E-state index is 0.951. The number of benzene rings is 6. The van der Waals surface area contributed by atoms with Crippen molar-refractivity contribution in [1.82, 2.24) is 0 Å². The SMILES string of the molecule is c1ccc2c(c1)Cc1ccc(-c3cc(-c4ccc5c(c4)CCCC5)cc4c3oc3ccc(-c5ccc6c(c5)CCCC6)cc34)cc1-2. The Morgan fingerprint density at radius 2 is 0.935 bits per heavy atom. The second kappa shape index (κ2) is 10.3. The highest BCUT2D eigenvalue weighted by molar-refractivity contribution is 6.12. The molecule has 7 aromatic rings. The first-order valence-corrected chi connectivity index (χ1v) is 17.2. The lowest BCUT2D eigenvalue weighted by Crippen LogP contribution is -2.02. The van der Waals surface area contributed by atoms with Crippen molar-refractivity contribution in [3.05, 3.63) is 143 Å². The summed E-state index contributed by atoms with van der Waals surface area (Å²) in [6.07, 6.45) is 11.0. The Kier molecular flexibility index (Phi) is 5.91. The van der Waals surface area contributed by atoms with Gasteiger partial charge in [0.1, 0.15) is 11.2 Å². The second-order valence-corrected chi connectivity index (χ2v) is 13.8. The molecule has 0 bridgehead atoms. The monoisotopic (exact) mass is 592 g/mol. The summed E-state index contributed by atoms with van der Waals surface area (Å²) in [6, 6.07) is 41.7. The highest BCUT2D eigenvalue weighted by Crippen LogP contribution is 2.44. The normalized spacial score (nSPS) is 15.0. The number of aryl methyl sites for hydroxylation is 4. The number of furan rings is 1. The van der Waals surface area contributed by atoms with Crippen LogP contribution in [0, 0.1) is 0 Å². The lowest BCUT2D eigenvalue weighted by molar-refractivity contribution is 0.670. The topological polar surface area (TPSA) is 13.1 Å². The van der Waals surface area contributed by atoms with Gasteiger partial charge in [-0.1, -0.05) is 78.9 Å². The van der Waals surface area contributed by atoms with Crippen LogP contribution in [0.1, 0.15) is 59.1 Å². The molecule has 0 atom stereocenters. The molecule has 46 heavy (non-hydrogen) atoms. The summed E-state index contributed by atoms with van der Waals surface area (Å²) in [5.41, 5.74) is 21.1. The van der Waals surface area contributed by atoms with E-state index in [1.165, 1.54) is 140 Å². The van der Waals surface area contributed by atoms with Gasteiger partial charge in [0.05, 0.1) is 0 Å². The maximum atomic E-state index is 6.79. The van der Waals surface area contributed by atoms with Crippen LogP contribution in [0.25, 0.3) is 66.4 Å². The predicted octanol–water partition coefficient (Wildman–Crippen LogP) is 11.9. The van der Waals surface area contributed by atoms with E-state index in [-0.39, 0.29) is 0 Å². The van der Waals surface area contributed by atoms with E-state index in [0.29, 0.717) is 0 Å². The zero-order valence-corrected chi connectivity index (χ0v) is 26.2. The van der Waals surface area contributed by atoms with E-state index in [0.717, 1.165) is 17.6 Å². The molecule has 1 heterocycles. The van der Waals surface area contributed by atoms with Crippen LogP contribution < -0.4 is 0 Å². The third kappa shape index (κ3) is 4.22. The van der Waals surface area contributed by atoms with Crippen LogP contribution in [-0.2, 0) is 32.1 Å². The van der Waals surface area contributed by atoms with Crippen molar-refractivity contribution in [2.75, 3.05) is 0 Å². The van der Waals surface area contributed by atoms with Gasteiger partial charge in [0.2, 0.25) is 0 Å². The molecular formula is C45H36O. The number of hydrogen-bond acceptors (Lipinski definition) is 1. The summed E-state index contributed by atoms with van der Waals surface area (Å²) >= 11 is 0. The Bertz CT molecular complexity index is 2350. The van der Waals surface area contributed by atoms with E-state index < -0.39 is 0 Å². The average Bonchev–Trinajstić information content (AvgIpc) is 3.68. The number of fused-ring (bicyclic) bond motifs is 8. The third-order valence-corrected chi connectivity index (χ3v) is 11.0. The highest BCUT2D eigenvalue weighted by atomic mass is 16.3. The Hall–Kier alpha value is -4.88. The molecule has 0 unspecified atom stereocenters. The van der Waals surface area contributed by atoms with Gasteiger partial charge >= 0.3 is 0 Å². The van der Waals surface area contributed by atoms with E-state index in [9.17, 15) is 0 Å². The van der Waals surface area contributed by atoms with Gasteiger partial charge in [-0.3, -0.25) is 0 Å². The second-order valence-electron chi connectivity index (χ2n) is 13.8. The van der Waals surface area contributed by atoms with Gasteiger partial charge in [0, 0.05) is 16.3 Å². The van der Waals surface area contributed by atoms with Gasteiger partial charge in [-0.2, -0.15) is 0 Å². The first-order valence-electron chi connectivity index (χ1n) is 17.2. The predicted molar refractivity (Wildman–Crippen MR) is 192 cm³/mol. The van der Waals surface area contributed by atoms with E-state index in [1.807, 2.05) is 0 Å². The van der Waals surface area contributed by atoms with E-state index >= 15 is 0 Å². The molecule has 0 aliphatic heterocycles. The molecule has 222 valence electrons. The summed E-state index contributed by atoms with van der Waals surface area (Å²) < 4.78 is 6.79. The average molecular weight is 593 g/mol. The largest absolute Gasteiger partial charge is 0.455 e. The van der Waals surface area contributed by atoms with Gasteiger partial charge in [-0.25, -0.2) is 0 Å². The molecule has 10 rings (SSSR count). The zero-order chi connectivity index (χ0) is 30.2. The smallest absolute Gasteiger partial charge is 0.143 e. The van der Waals surface area contributed by atoms with Crippen molar-refractivity contribution in [1.29, 1.82) is 0 Å². The molecule has 6 aromatic carbocycles. The highest BCUT2D eigenvalue weighted by Gasteiger charge is 2.22. The molecule has 1 heteroatoms. The van der Waals surface area contributed by atoms with Gasteiger partial charge < -0.3 is 4.42 Å². The van der Waals surface area contributed by atoms with Gasteiger partial charge in [0.25, 0.3) is 0 Å². The fourth-order valence-corrected chi connectivity index (χ4v) is 8.56. The summed E-state index contributed by atoms with van der Waals surface area (Å²) in [4.78, 5) is 0. The molecule has 0 amide bonds. The Labute approximate surface area is 270 Å². The minimum atomic E-state index is 0.951. The van der Waals surface area contributed by atoms with Crippen molar-refractivity contribution in [2.45, 2.75) is 57.8 Å². The van der Waals surface area contributed by atoms with Gasteiger partial charge in [0.15, 0.2) is 0 Å². The molecule has 1 nitrogen and oxygen atoms in total. The minimum Gasteiger partial charge on any atom is -0.455 e. The summed E-state index contributed by atoms with van der Waals surface area (Å²) in [7, 11) is 0. The van der Waals surface area contributed by atoms with Crippen LogP contribution in [0.5, 0.6) is 0 Å². The third-order valence-electron chi connectivity index (χ3n) is 11.0. The summed E-state index contributed by atoms with van der Waals surface area (Å²) in [5.74, 6) is 0. The molecule has 3 aliphatic rings. The summed E-state index contributed by atoms with van der Waals surface area (Å²) in [6.45, 7) is 0. The lowest BCUT2D eigenvalue weighted by Gasteiger charge is -2.17. The fourth-order valence-electron chi connectivity index (χ4n) is 8.56. The molecule has 3 aliphatic carbocycles. The standard InChI is InChI=1S/C45H36O/c1-3-9-30-21-32(15-13-28(30)7-1)34-19-20-44-42(24-34)43-27-38(33-16-14-29-8-2-4-10-31(29)22-33)26-41(45(43)46-44)37-18-17-36-23-35-11-5-6-12-39(35)40(36)25-37/h5-6,11-22,24-27H,1-4,7-10,23H2. The Morgan fingerprint density at radius 3 is 1.72 bits per heavy atom. The van der Waals surface area contributed by atoms with E-state index in [2.05, 4.69) is 109 Å². The molecule has 0 spiro atoms. The number of rotatable bonds is 3. The van der Waals surface area contributed by atoms with Gasteiger partial charge in [-0.15, -0.1) is 0 Å². The van der Waals surface area contributed by atoms with Crippen molar-refractivity contribution < 1.29 is 4.42 Å². The molecule has 0 radical (unpaired) electrons. The van der Waals surface area contributed by atoms with Crippen LogP contribution in [0.15, 0.2) is 114 Å². The fraction of sp³-hybridized carbons (Fsp3) is 0.200. The Balaban J connectivity index is 1.18. The molecule has 0 N–H and O–H groups in total. The molecule has 0 saturated heterocycles. The van der Waals surface area contributed by atoms with Gasteiger partial charge in [-0.05, 0) is 160 Å². The van der Waals surface area contributed by atoms with Crippen LogP contribution in [-0.4, -0.2) is 0 Å². The van der Waals surface area contributed by atoms with Crippen LogP contribution in [0.3, 0.4) is 0 Å². The van der Waals surface area contributed by atoms with Crippen molar-refractivity contribution in [3.63, 3.8) is 0 Å². The molecule has 1 aromatic heterocycles. The summed E-state index contributed by atoms with van der Waals surface area (Å²) in [5, 5.41) is 2.39.